The standard InChI is InChI=1S/C22H24N2O5S2/c1-15-20(30-22(24-15)16-10-11-18(28-2)19(14-16)29-3)21(25)23-12-7-13-31(26,27)17-8-5-4-6-9-17/h4-6,8-11,14H,7,12-13H2,1-3H3,(H,23,25). The van der Waals surface area contributed by atoms with Crippen LogP contribution in [0.15, 0.2) is 53.4 Å². The maximum atomic E-state index is 12.6. The first kappa shape index (κ1) is 22.8. The van der Waals surface area contributed by atoms with Crippen molar-refractivity contribution >= 4 is 27.1 Å². The van der Waals surface area contributed by atoms with Crippen molar-refractivity contribution in [2.45, 2.75) is 18.2 Å². The molecule has 0 bridgehead atoms. The van der Waals surface area contributed by atoms with Gasteiger partial charge in [-0.2, -0.15) is 0 Å². The van der Waals surface area contributed by atoms with E-state index in [1.807, 2.05) is 12.1 Å². The number of ether oxygens (including phenoxy) is 2. The minimum Gasteiger partial charge on any atom is -0.493 e. The summed E-state index contributed by atoms with van der Waals surface area (Å²) in [5.41, 5.74) is 1.43. The number of rotatable bonds is 9. The molecule has 7 nitrogen and oxygen atoms in total. The molecule has 0 saturated carbocycles. The van der Waals surface area contributed by atoms with Crippen molar-refractivity contribution in [1.82, 2.24) is 10.3 Å². The van der Waals surface area contributed by atoms with E-state index in [-0.39, 0.29) is 18.2 Å². The predicted octanol–water partition coefficient (Wildman–Crippen LogP) is 3.73. The normalized spacial score (nSPS) is 11.2. The Balaban J connectivity index is 1.62. The lowest BCUT2D eigenvalue weighted by Gasteiger charge is -2.08. The molecule has 0 aliphatic carbocycles. The number of carbonyl (C=O) groups excluding carboxylic acids is 1. The molecular weight excluding hydrogens is 436 g/mol. The average molecular weight is 461 g/mol. The number of nitrogens with one attached hydrogen (secondary N) is 1. The van der Waals surface area contributed by atoms with Crippen LogP contribution in [0.2, 0.25) is 0 Å². The van der Waals surface area contributed by atoms with Crippen LogP contribution in [-0.4, -0.2) is 45.8 Å². The van der Waals surface area contributed by atoms with Crippen molar-refractivity contribution in [3.05, 3.63) is 59.1 Å². The van der Waals surface area contributed by atoms with Gasteiger partial charge in [0, 0.05) is 12.1 Å². The molecule has 3 aromatic rings. The fourth-order valence-electron chi connectivity index (χ4n) is 2.99. The molecule has 0 aliphatic rings. The van der Waals surface area contributed by atoms with E-state index >= 15 is 0 Å². The Hall–Kier alpha value is -2.91. The van der Waals surface area contributed by atoms with Crippen molar-refractivity contribution in [1.29, 1.82) is 0 Å². The van der Waals surface area contributed by atoms with Gasteiger partial charge in [-0.1, -0.05) is 18.2 Å². The number of aromatic nitrogens is 1. The van der Waals surface area contributed by atoms with Gasteiger partial charge < -0.3 is 14.8 Å². The lowest BCUT2D eigenvalue weighted by atomic mass is 10.2. The van der Waals surface area contributed by atoms with Crippen LogP contribution in [-0.2, 0) is 9.84 Å². The fraction of sp³-hybridized carbons (Fsp3) is 0.273. The zero-order chi connectivity index (χ0) is 22.4. The van der Waals surface area contributed by atoms with E-state index in [9.17, 15) is 13.2 Å². The number of thiazole rings is 1. The SMILES string of the molecule is COc1ccc(-c2nc(C)c(C(=O)NCCCS(=O)(=O)c3ccccc3)s2)cc1OC. The average Bonchev–Trinajstić information content (AvgIpc) is 3.18. The molecule has 0 fully saturated rings. The van der Waals surface area contributed by atoms with Crippen LogP contribution < -0.4 is 14.8 Å². The number of hydrogen-bond donors (Lipinski definition) is 1. The number of aryl methyl sites for hydroxylation is 1. The number of nitrogens with zero attached hydrogens (tertiary/aromatic N) is 1. The molecule has 0 saturated heterocycles. The zero-order valence-corrected chi connectivity index (χ0v) is 19.2. The van der Waals surface area contributed by atoms with Gasteiger partial charge in [0.2, 0.25) is 0 Å². The number of methoxy groups -OCH3 is 2. The molecule has 31 heavy (non-hydrogen) atoms. The second-order valence-corrected chi connectivity index (χ2v) is 9.85. The summed E-state index contributed by atoms with van der Waals surface area (Å²) >= 11 is 1.28. The maximum absolute atomic E-state index is 12.6. The van der Waals surface area contributed by atoms with Crippen molar-refractivity contribution in [2.75, 3.05) is 26.5 Å². The van der Waals surface area contributed by atoms with Crippen molar-refractivity contribution in [3.8, 4) is 22.1 Å². The van der Waals surface area contributed by atoms with Crippen LogP contribution in [0.5, 0.6) is 11.5 Å². The van der Waals surface area contributed by atoms with Gasteiger partial charge in [0.1, 0.15) is 9.88 Å². The second kappa shape index (κ2) is 9.93. The number of amides is 1. The molecule has 1 N–H and O–H groups in total. The van der Waals surface area contributed by atoms with E-state index in [1.165, 1.54) is 11.3 Å². The van der Waals surface area contributed by atoms with Crippen LogP contribution in [0.25, 0.3) is 10.6 Å². The van der Waals surface area contributed by atoms with Crippen molar-refractivity contribution in [3.63, 3.8) is 0 Å². The molecule has 1 heterocycles. The van der Waals surface area contributed by atoms with Crippen molar-refractivity contribution in [2.24, 2.45) is 0 Å². The van der Waals surface area contributed by atoms with Crippen LogP contribution in [0, 0.1) is 6.92 Å². The molecule has 9 heteroatoms. The Labute approximate surface area is 186 Å². The van der Waals surface area contributed by atoms with Gasteiger partial charge in [-0.3, -0.25) is 4.79 Å². The van der Waals surface area contributed by atoms with E-state index in [0.717, 1.165) is 5.56 Å². The first-order chi connectivity index (χ1) is 14.9. The third-order valence-corrected chi connectivity index (χ3v) is 7.63. The molecule has 0 unspecified atom stereocenters. The minimum absolute atomic E-state index is 0.0319. The molecule has 0 aliphatic heterocycles. The number of benzene rings is 2. The Morgan fingerprint density at radius 2 is 1.77 bits per heavy atom. The summed E-state index contributed by atoms with van der Waals surface area (Å²) in [6, 6.07) is 13.8. The first-order valence-corrected chi connectivity index (χ1v) is 12.1. The lowest BCUT2D eigenvalue weighted by Crippen LogP contribution is -2.25. The molecule has 3 rings (SSSR count). The molecule has 0 radical (unpaired) electrons. The minimum atomic E-state index is -3.36. The van der Waals surface area contributed by atoms with Crippen LogP contribution in [0.3, 0.4) is 0 Å². The first-order valence-electron chi connectivity index (χ1n) is 9.61. The quantitative estimate of drug-likeness (QED) is 0.489. The van der Waals surface area contributed by atoms with Crippen LogP contribution in [0.4, 0.5) is 0 Å². The summed E-state index contributed by atoms with van der Waals surface area (Å²) in [7, 11) is -0.229. The number of hydrogen-bond acceptors (Lipinski definition) is 7. The highest BCUT2D eigenvalue weighted by atomic mass is 32.2. The molecule has 0 spiro atoms. The summed E-state index contributed by atoms with van der Waals surface area (Å²) in [4.78, 5) is 17.9. The van der Waals surface area contributed by atoms with Crippen LogP contribution in [0.1, 0.15) is 21.8 Å². The molecule has 0 atom stereocenters. The summed E-state index contributed by atoms with van der Waals surface area (Å²) in [5.74, 6) is 0.899. The summed E-state index contributed by atoms with van der Waals surface area (Å²) < 4.78 is 35.2. The second-order valence-electron chi connectivity index (χ2n) is 6.74. The van der Waals surface area contributed by atoms with Gasteiger partial charge in [-0.15, -0.1) is 11.3 Å². The van der Waals surface area contributed by atoms with Gasteiger partial charge in [-0.25, -0.2) is 13.4 Å². The smallest absolute Gasteiger partial charge is 0.263 e. The van der Waals surface area contributed by atoms with Gasteiger partial charge in [-0.05, 0) is 43.7 Å². The lowest BCUT2D eigenvalue weighted by molar-refractivity contribution is 0.0957. The predicted molar refractivity (Wildman–Crippen MR) is 121 cm³/mol. The number of sulfone groups is 1. The molecule has 1 amide bonds. The summed E-state index contributed by atoms with van der Waals surface area (Å²) in [6.45, 7) is 2.03. The largest absolute Gasteiger partial charge is 0.493 e. The van der Waals surface area contributed by atoms with Crippen molar-refractivity contribution < 1.29 is 22.7 Å². The van der Waals surface area contributed by atoms with E-state index in [4.69, 9.17) is 9.47 Å². The molecule has 2 aromatic carbocycles. The maximum Gasteiger partial charge on any atom is 0.263 e. The van der Waals surface area contributed by atoms with Gasteiger partial charge in [0.25, 0.3) is 5.91 Å². The number of carbonyl (C=O) groups is 1. The Kier molecular flexibility index (Phi) is 7.29. The van der Waals surface area contributed by atoms with E-state index < -0.39 is 9.84 Å². The Morgan fingerprint density at radius 3 is 2.45 bits per heavy atom. The fourth-order valence-corrected chi connectivity index (χ4v) is 5.30. The Bertz CT molecular complexity index is 1160. The topological polar surface area (TPSA) is 94.6 Å². The third-order valence-electron chi connectivity index (χ3n) is 4.61. The monoisotopic (exact) mass is 460 g/mol. The van der Waals surface area contributed by atoms with Gasteiger partial charge >= 0.3 is 0 Å². The molecular formula is C22H24N2O5S2. The molecule has 1 aromatic heterocycles. The van der Waals surface area contributed by atoms with E-state index in [1.54, 1.807) is 57.5 Å². The van der Waals surface area contributed by atoms with E-state index in [0.29, 0.717) is 38.4 Å². The van der Waals surface area contributed by atoms with Gasteiger partial charge in [0.05, 0.1) is 30.6 Å². The van der Waals surface area contributed by atoms with Gasteiger partial charge in [0.15, 0.2) is 21.3 Å². The van der Waals surface area contributed by atoms with E-state index in [2.05, 4.69) is 10.3 Å². The Morgan fingerprint density at radius 1 is 1.06 bits per heavy atom. The molecule has 164 valence electrons. The highest BCUT2D eigenvalue weighted by molar-refractivity contribution is 7.91. The van der Waals surface area contributed by atoms with Crippen LogP contribution >= 0.6 is 11.3 Å². The zero-order valence-electron chi connectivity index (χ0n) is 17.5. The summed E-state index contributed by atoms with van der Waals surface area (Å²) in [6.07, 6.45) is 0.323. The highest BCUT2D eigenvalue weighted by Crippen LogP contribution is 2.34. The summed E-state index contributed by atoms with van der Waals surface area (Å²) in [5, 5.41) is 3.48. The third kappa shape index (κ3) is 5.42. The highest BCUT2D eigenvalue weighted by Gasteiger charge is 2.18.